The van der Waals surface area contributed by atoms with Crippen LogP contribution in [0, 0.1) is 0 Å². The van der Waals surface area contributed by atoms with Gasteiger partial charge in [-0.1, -0.05) is 30.3 Å². The Bertz CT molecular complexity index is 794. The first-order valence-corrected chi connectivity index (χ1v) is 7.97. The van der Waals surface area contributed by atoms with E-state index in [9.17, 15) is 9.59 Å². The number of hydrazone groups is 1. The number of benzene rings is 2. The molecule has 130 valence electrons. The van der Waals surface area contributed by atoms with E-state index in [1.165, 1.54) is 13.3 Å². The lowest BCUT2D eigenvalue weighted by Crippen LogP contribution is -2.32. The molecule has 0 saturated heterocycles. The predicted molar refractivity (Wildman–Crippen MR) is 96.4 cm³/mol. The number of carbonyl (C=O) groups is 2. The highest BCUT2D eigenvalue weighted by molar-refractivity contribution is 9.10. The standard InChI is InChI=1S/C17H16BrN3O4/c1-24-14-8-12(9-20-21-17(23)16(19)22)7-13(18)15(14)25-10-11-5-3-2-4-6-11/h2-9H,10H2,1H3,(H2,19,22)(H,21,23)/b20-9+. The molecular weight excluding hydrogens is 390 g/mol. The SMILES string of the molecule is COc1cc(/C=N/NC(=O)C(N)=O)cc(Br)c1OCc1ccccc1. The van der Waals surface area contributed by atoms with Gasteiger partial charge in [-0.3, -0.25) is 9.59 Å². The van der Waals surface area contributed by atoms with Gasteiger partial charge < -0.3 is 15.2 Å². The smallest absolute Gasteiger partial charge is 0.329 e. The first kappa shape index (κ1) is 18.5. The van der Waals surface area contributed by atoms with Gasteiger partial charge in [0.2, 0.25) is 0 Å². The molecule has 0 spiro atoms. The average molecular weight is 406 g/mol. The zero-order valence-electron chi connectivity index (χ0n) is 13.4. The Labute approximate surface area is 152 Å². The Balaban J connectivity index is 2.13. The quantitative estimate of drug-likeness (QED) is 0.435. The number of hydrogen-bond donors (Lipinski definition) is 2. The van der Waals surface area contributed by atoms with E-state index in [2.05, 4.69) is 21.0 Å². The summed E-state index contributed by atoms with van der Waals surface area (Å²) in [7, 11) is 1.52. The zero-order chi connectivity index (χ0) is 18.2. The molecule has 2 aromatic carbocycles. The van der Waals surface area contributed by atoms with Gasteiger partial charge in [0.1, 0.15) is 6.61 Å². The van der Waals surface area contributed by atoms with Crippen molar-refractivity contribution < 1.29 is 19.1 Å². The third-order valence-corrected chi connectivity index (χ3v) is 3.67. The maximum atomic E-state index is 11.0. The van der Waals surface area contributed by atoms with Crippen molar-refractivity contribution in [3.8, 4) is 11.5 Å². The number of halogens is 1. The second kappa shape index (κ2) is 8.84. The fourth-order valence-corrected chi connectivity index (χ4v) is 2.48. The molecule has 2 amide bonds. The number of rotatable bonds is 6. The Morgan fingerprint density at radius 3 is 2.64 bits per heavy atom. The molecular formula is C17H16BrN3O4. The molecule has 0 radical (unpaired) electrons. The Morgan fingerprint density at radius 1 is 1.28 bits per heavy atom. The number of nitrogens with two attached hydrogens (primary N) is 1. The second-order valence-electron chi connectivity index (χ2n) is 4.87. The van der Waals surface area contributed by atoms with E-state index in [4.69, 9.17) is 15.2 Å². The normalized spacial score (nSPS) is 10.5. The highest BCUT2D eigenvalue weighted by atomic mass is 79.9. The van der Waals surface area contributed by atoms with Gasteiger partial charge in [0.15, 0.2) is 11.5 Å². The minimum atomic E-state index is -1.11. The van der Waals surface area contributed by atoms with Crippen LogP contribution in [0.15, 0.2) is 52.0 Å². The van der Waals surface area contributed by atoms with Gasteiger partial charge >= 0.3 is 11.8 Å². The molecule has 0 aromatic heterocycles. The maximum Gasteiger partial charge on any atom is 0.329 e. The van der Waals surface area contributed by atoms with Crippen molar-refractivity contribution in [1.82, 2.24) is 5.43 Å². The number of hydrogen-bond acceptors (Lipinski definition) is 5. The molecule has 7 nitrogen and oxygen atoms in total. The van der Waals surface area contributed by atoms with E-state index >= 15 is 0 Å². The second-order valence-corrected chi connectivity index (χ2v) is 5.73. The fraction of sp³-hybridized carbons (Fsp3) is 0.118. The number of carbonyl (C=O) groups excluding carboxylic acids is 2. The molecule has 0 saturated carbocycles. The molecule has 3 N–H and O–H groups in total. The summed E-state index contributed by atoms with van der Waals surface area (Å²) in [6.07, 6.45) is 1.36. The summed E-state index contributed by atoms with van der Waals surface area (Å²) < 4.78 is 11.8. The van der Waals surface area contributed by atoms with E-state index in [0.717, 1.165) is 5.56 Å². The van der Waals surface area contributed by atoms with E-state index < -0.39 is 11.8 Å². The number of nitrogens with one attached hydrogen (secondary N) is 1. The van der Waals surface area contributed by atoms with Crippen molar-refractivity contribution >= 4 is 34.0 Å². The summed E-state index contributed by atoms with van der Waals surface area (Å²) in [5.41, 5.74) is 8.48. The van der Waals surface area contributed by atoms with E-state index in [0.29, 0.717) is 28.1 Å². The summed E-state index contributed by atoms with van der Waals surface area (Å²) >= 11 is 3.43. The van der Waals surface area contributed by atoms with E-state index in [-0.39, 0.29) is 0 Å². The van der Waals surface area contributed by atoms with Crippen LogP contribution in [0.25, 0.3) is 0 Å². The molecule has 8 heteroatoms. The lowest BCUT2D eigenvalue weighted by atomic mass is 10.2. The first-order valence-electron chi connectivity index (χ1n) is 7.18. The minimum Gasteiger partial charge on any atom is -0.493 e. The molecule has 0 aliphatic rings. The molecule has 0 heterocycles. The van der Waals surface area contributed by atoms with Gasteiger partial charge in [-0.25, -0.2) is 5.43 Å². The number of ether oxygens (including phenoxy) is 2. The number of primary amides is 1. The largest absolute Gasteiger partial charge is 0.493 e. The summed E-state index contributed by atoms with van der Waals surface area (Å²) in [5.74, 6) is -1.07. The molecule has 0 unspecified atom stereocenters. The van der Waals surface area contributed by atoms with Gasteiger partial charge in [0.25, 0.3) is 0 Å². The molecule has 2 rings (SSSR count). The van der Waals surface area contributed by atoms with Crippen LogP contribution in [0.3, 0.4) is 0 Å². The number of amides is 2. The molecule has 2 aromatic rings. The molecule has 0 atom stereocenters. The highest BCUT2D eigenvalue weighted by Crippen LogP contribution is 2.36. The topological polar surface area (TPSA) is 103 Å². The van der Waals surface area contributed by atoms with Crippen molar-refractivity contribution in [1.29, 1.82) is 0 Å². The molecule has 0 bridgehead atoms. The first-order chi connectivity index (χ1) is 12.0. The summed E-state index contributed by atoms with van der Waals surface area (Å²) in [5, 5.41) is 3.66. The van der Waals surface area contributed by atoms with Crippen LogP contribution in [0.5, 0.6) is 11.5 Å². The molecule has 25 heavy (non-hydrogen) atoms. The van der Waals surface area contributed by atoms with Gasteiger partial charge in [0.05, 0.1) is 17.8 Å². The van der Waals surface area contributed by atoms with Crippen LogP contribution in [0.2, 0.25) is 0 Å². The fourth-order valence-electron chi connectivity index (χ4n) is 1.90. The zero-order valence-corrected chi connectivity index (χ0v) is 14.9. The van der Waals surface area contributed by atoms with Gasteiger partial charge in [0, 0.05) is 0 Å². The maximum absolute atomic E-state index is 11.0. The van der Waals surface area contributed by atoms with Crippen LogP contribution in [-0.2, 0) is 16.2 Å². The van der Waals surface area contributed by atoms with Gasteiger partial charge in [-0.15, -0.1) is 0 Å². The van der Waals surface area contributed by atoms with Gasteiger partial charge in [-0.2, -0.15) is 5.10 Å². The van der Waals surface area contributed by atoms with Crippen molar-refractivity contribution in [2.75, 3.05) is 7.11 Å². The lowest BCUT2D eigenvalue weighted by Gasteiger charge is -2.13. The van der Waals surface area contributed by atoms with Crippen molar-refractivity contribution in [2.45, 2.75) is 6.61 Å². The molecule has 0 aliphatic carbocycles. The average Bonchev–Trinajstić information content (AvgIpc) is 2.61. The van der Waals surface area contributed by atoms with Crippen LogP contribution in [0.1, 0.15) is 11.1 Å². The Kier molecular flexibility index (Phi) is 6.53. The van der Waals surface area contributed by atoms with Crippen LogP contribution >= 0.6 is 15.9 Å². The monoisotopic (exact) mass is 405 g/mol. The number of nitrogens with zero attached hydrogens (tertiary/aromatic N) is 1. The predicted octanol–water partition coefficient (Wildman–Crippen LogP) is 1.97. The number of methoxy groups -OCH3 is 1. The van der Waals surface area contributed by atoms with Crippen molar-refractivity contribution in [3.05, 3.63) is 58.1 Å². The van der Waals surface area contributed by atoms with Crippen LogP contribution < -0.4 is 20.6 Å². The Morgan fingerprint density at radius 2 is 2.00 bits per heavy atom. The summed E-state index contributed by atoms with van der Waals surface area (Å²) in [4.78, 5) is 21.7. The van der Waals surface area contributed by atoms with Crippen molar-refractivity contribution in [2.24, 2.45) is 10.8 Å². The van der Waals surface area contributed by atoms with Crippen molar-refractivity contribution in [3.63, 3.8) is 0 Å². The Hall–Kier alpha value is -2.87. The minimum absolute atomic E-state index is 0.387. The third kappa shape index (κ3) is 5.32. The van der Waals surface area contributed by atoms with Crippen LogP contribution in [-0.4, -0.2) is 25.1 Å². The molecule has 0 aliphatic heterocycles. The summed E-state index contributed by atoms with van der Waals surface area (Å²) in [6, 6.07) is 13.2. The molecule has 0 fully saturated rings. The highest BCUT2D eigenvalue weighted by Gasteiger charge is 2.12. The van der Waals surface area contributed by atoms with E-state index in [1.54, 1.807) is 12.1 Å². The third-order valence-electron chi connectivity index (χ3n) is 3.08. The lowest BCUT2D eigenvalue weighted by molar-refractivity contribution is -0.137. The van der Waals surface area contributed by atoms with Crippen LogP contribution in [0.4, 0.5) is 0 Å². The van der Waals surface area contributed by atoms with E-state index in [1.807, 2.05) is 35.8 Å². The summed E-state index contributed by atoms with van der Waals surface area (Å²) in [6.45, 7) is 0.387. The van der Waals surface area contributed by atoms with Gasteiger partial charge in [-0.05, 0) is 39.2 Å².